The summed E-state index contributed by atoms with van der Waals surface area (Å²) in [5, 5.41) is 13.0. The lowest BCUT2D eigenvalue weighted by Crippen LogP contribution is -2.36. The third-order valence-electron chi connectivity index (χ3n) is 3.00. The molecule has 5 nitrogen and oxygen atoms in total. The first kappa shape index (κ1) is 16.3. The Labute approximate surface area is 116 Å². The fraction of sp³-hybridized carbons (Fsp3) is 0.538. The fourth-order valence-electron chi connectivity index (χ4n) is 1.87. The monoisotopic (exact) mass is 287 g/mol. The van der Waals surface area contributed by atoms with E-state index in [0.717, 1.165) is 21.9 Å². The summed E-state index contributed by atoms with van der Waals surface area (Å²) in [7, 11) is 1.79. The number of amides is 1. The zero-order valence-corrected chi connectivity index (χ0v) is 11.8. The minimum atomic E-state index is -2.62. The number of aromatic nitrogens is 2. The predicted molar refractivity (Wildman–Crippen MR) is 71.4 cm³/mol. The molecule has 1 aromatic heterocycles. The molecule has 0 saturated carbocycles. The van der Waals surface area contributed by atoms with Crippen molar-refractivity contribution in [2.75, 3.05) is 19.7 Å². The zero-order valence-electron chi connectivity index (χ0n) is 11.8. The van der Waals surface area contributed by atoms with Crippen molar-refractivity contribution < 1.29 is 18.7 Å². The van der Waals surface area contributed by atoms with Gasteiger partial charge >= 0.3 is 0 Å². The second-order valence-electron chi connectivity index (χ2n) is 4.44. The van der Waals surface area contributed by atoms with Gasteiger partial charge in [-0.3, -0.25) is 9.48 Å². The SMILES string of the molecule is Cc1nn(C)c(C)c1/C=C/C(=O)N(CCO)CC(F)F. The Balaban J connectivity index is 2.83. The number of carbonyl (C=O) groups excluding carboxylic acids is 1. The summed E-state index contributed by atoms with van der Waals surface area (Å²) in [6, 6.07) is 0. The number of halogens is 2. The first-order valence-electron chi connectivity index (χ1n) is 6.23. The molecule has 1 heterocycles. The van der Waals surface area contributed by atoms with E-state index in [-0.39, 0.29) is 13.2 Å². The third kappa shape index (κ3) is 4.12. The summed E-state index contributed by atoms with van der Waals surface area (Å²) in [4.78, 5) is 12.8. The highest BCUT2D eigenvalue weighted by molar-refractivity contribution is 5.92. The average Bonchev–Trinajstić information content (AvgIpc) is 2.60. The maximum atomic E-state index is 12.4. The number of alkyl halides is 2. The summed E-state index contributed by atoms with van der Waals surface area (Å²) in [6.45, 7) is 2.51. The molecule has 7 heteroatoms. The number of hydrogen-bond acceptors (Lipinski definition) is 3. The van der Waals surface area contributed by atoms with Crippen molar-refractivity contribution in [3.8, 4) is 0 Å². The normalized spacial score (nSPS) is 11.6. The van der Waals surface area contributed by atoms with Gasteiger partial charge in [-0.05, 0) is 19.9 Å². The van der Waals surface area contributed by atoms with Gasteiger partial charge in [0.05, 0.1) is 18.8 Å². The smallest absolute Gasteiger partial charge is 0.255 e. The maximum absolute atomic E-state index is 12.4. The molecule has 20 heavy (non-hydrogen) atoms. The third-order valence-corrected chi connectivity index (χ3v) is 3.00. The van der Waals surface area contributed by atoms with Crippen LogP contribution in [0.4, 0.5) is 8.78 Å². The Hall–Kier alpha value is -1.76. The highest BCUT2D eigenvalue weighted by Gasteiger charge is 2.16. The van der Waals surface area contributed by atoms with Crippen LogP contribution in [-0.4, -0.2) is 51.8 Å². The summed E-state index contributed by atoms with van der Waals surface area (Å²) >= 11 is 0. The van der Waals surface area contributed by atoms with Crippen LogP contribution in [-0.2, 0) is 11.8 Å². The molecule has 0 saturated heterocycles. The number of aliphatic hydroxyl groups is 1. The average molecular weight is 287 g/mol. The molecule has 0 fully saturated rings. The van der Waals surface area contributed by atoms with Crippen molar-refractivity contribution in [3.63, 3.8) is 0 Å². The van der Waals surface area contributed by atoms with E-state index in [0.29, 0.717) is 0 Å². The van der Waals surface area contributed by atoms with Crippen molar-refractivity contribution in [1.82, 2.24) is 14.7 Å². The van der Waals surface area contributed by atoms with E-state index in [1.165, 1.54) is 6.08 Å². The lowest BCUT2D eigenvalue weighted by atomic mass is 10.2. The van der Waals surface area contributed by atoms with Crippen molar-refractivity contribution in [1.29, 1.82) is 0 Å². The summed E-state index contributed by atoms with van der Waals surface area (Å²) in [5.74, 6) is -0.554. The topological polar surface area (TPSA) is 58.4 Å². The van der Waals surface area contributed by atoms with Crippen LogP contribution in [0.2, 0.25) is 0 Å². The molecular formula is C13H19F2N3O2. The molecule has 0 atom stereocenters. The Morgan fingerprint density at radius 2 is 2.15 bits per heavy atom. The number of aliphatic hydroxyl groups excluding tert-OH is 1. The predicted octanol–water partition coefficient (Wildman–Crippen LogP) is 1.14. The fourth-order valence-corrected chi connectivity index (χ4v) is 1.87. The van der Waals surface area contributed by atoms with Crippen LogP contribution in [0, 0.1) is 13.8 Å². The molecule has 1 rings (SSSR count). The lowest BCUT2D eigenvalue weighted by Gasteiger charge is -2.19. The molecule has 0 unspecified atom stereocenters. The number of carbonyl (C=O) groups is 1. The molecule has 0 radical (unpaired) electrons. The highest BCUT2D eigenvalue weighted by atomic mass is 19.3. The van der Waals surface area contributed by atoms with E-state index in [2.05, 4.69) is 5.10 Å². The standard InChI is InChI=1S/C13H19F2N3O2/c1-9-11(10(2)17(3)16-9)4-5-13(20)18(6-7-19)8-12(14)15/h4-5,12,19H,6-8H2,1-3H3/b5-4+. The molecule has 0 aromatic carbocycles. The quantitative estimate of drug-likeness (QED) is 0.798. The van der Waals surface area contributed by atoms with Crippen LogP contribution in [0.15, 0.2) is 6.08 Å². The number of aryl methyl sites for hydroxylation is 2. The van der Waals surface area contributed by atoms with E-state index in [1.807, 2.05) is 13.8 Å². The van der Waals surface area contributed by atoms with Crippen LogP contribution >= 0.6 is 0 Å². The van der Waals surface area contributed by atoms with Gasteiger partial charge in [0.2, 0.25) is 5.91 Å². The van der Waals surface area contributed by atoms with Crippen molar-refractivity contribution in [2.45, 2.75) is 20.3 Å². The van der Waals surface area contributed by atoms with Gasteiger partial charge in [-0.2, -0.15) is 5.10 Å². The van der Waals surface area contributed by atoms with Crippen LogP contribution < -0.4 is 0 Å². The zero-order chi connectivity index (χ0) is 15.3. The first-order chi connectivity index (χ1) is 9.36. The van der Waals surface area contributed by atoms with Crippen LogP contribution in [0.5, 0.6) is 0 Å². The molecule has 1 N–H and O–H groups in total. The van der Waals surface area contributed by atoms with E-state index in [9.17, 15) is 13.6 Å². The van der Waals surface area contributed by atoms with Crippen molar-refractivity contribution in [2.24, 2.45) is 7.05 Å². The van der Waals surface area contributed by atoms with Gasteiger partial charge in [-0.1, -0.05) is 0 Å². The number of nitrogens with zero attached hydrogens (tertiary/aromatic N) is 3. The van der Waals surface area contributed by atoms with Gasteiger partial charge in [0, 0.05) is 30.9 Å². The van der Waals surface area contributed by atoms with Gasteiger partial charge in [0.25, 0.3) is 6.43 Å². The highest BCUT2D eigenvalue weighted by Crippen LogP contribution is 2.14. The largest absolute Gasteiger partial charge is 0.395 e. The van der Waals surface area contributed by atoms with Gasteiger partial charge in [-0.15, -0.1) is 0 Å². The van der Waals surface area contributed by atoms with Crippen molar-refractivity contribution >= 4 is 12.0 Å². The Morgan fingerprint density at radius 3 is 2.60 bits per heavy atom. The molecule has 0 aliphatic heterocycles. The van der Waals surface area contributed by atoms with Crippen LogP contribution in [0.1, 0.15) is 17.0 Å². The number of rotatable bonds is 6. The van der Waals surface area contributed by atoms with Gasteiger partial charge in [-0.25, -0.2) is 8.78 Å². The second-order valence-corrected chi connectivity index (χ2v) is 4.44. The minimum absolute atomic E-state index is 0.113. The second kappa shape index (κ2) is 7.14. The summed E-state index contributed by atoms with van der Waals surface area (Å²) < 4.78 is 26.4. The van der Waals surface area contributed by atoms with Gasteiger partial charge < -0.3 is 10.0 Å². The molecular weight excluding hydrogens is 268 g/mol. The Morgan fingerprint density at radius 1 is 1.50 bits per heavy atom. The van der Waals surface area contributed by atoms with E-state index >= 15 is 0 Å². The Kier molecular flexibility index (Phi) is 5.82. The Bertz CT molecular complexity index is 498. The van der Waals surface area contributed by atoms with E-state index < -0.39 is 18.9 Å². The summed E-state index contributed by atoms with van der Waals surface area (Å²) in [6.07, 6.45) is 0.172. The van der Waals surface area contributed by atoms with E-state index in [1.54, 1.807) is 17.8 Å². The molecule has 0 spiro atoms. The molecule has 1 amide bonds. The molecule has 0 aliphatic rings. The molecule has 112 valence electrons. The van der Waals surface area contributed by atoms with Crippen LogP contribution in [0.25, 0.3) is 6.08 Å². The van der Waals surface area contributed by atoms with Gasteiger partial charge in [0.1, 0.15) is 0 Å². The summed E-state index contributed by atoms with van der Waals surface area (Å²) in [5.41, 5.74) is 2.44. The maximum Gasteiger partial charge on any atom is 0.255 e. The van der Waals surface area contributed by atoms with Gasteiger partial charge in [0.15, 0.2) is 0 Å². The molecule has 0 bridgehead atoms. The van der Waals surface area contributed by atoms with Crippen LogP contribution in [0.3, 0.4) is 0 Å². The number of hydrogen-bond donors (Lipinski definition) is 1. The first-order valence-corrected chi connectivity index (χ1v) is 6.23. The lowest BCUT2D eigenvalue weighted by molar-refractivity contribution is -0.128. The molecule has 1 aromatic rings. The minimum Gasteiger partial charge on any atom is -0.395 e. The van der Waals surface area contributed by atoms with Crippen molar-refractivity contribution in [3.05, 3.63) is 23.0 Å². The molecule has 0 aliphatic carbocycles. The van der Waals surface area contributed by atoms with E-state index in [4.69, 9.17) is 5.11 Å².